The van der Waals surface area contributed by atoms with Crippen LogP contribution in [0.15, 0.2) is 12.2 Å². The molecule has 1 saturated heterocycles. The standard InChI is InChI=1S/C8H12O2/c1-2-3-4-7-5-6-8(9)10-7/h3-4,7H,2,5-6H2,1H3/b4-3-/t7-/m1/s1. The van der Waals surface area contributed by atoms with Crippen molar-refractivity contribution in [2.75, 3.05) is 0 Å². The maximum absolute atomic E-state index is 10.6. The maximum atomic E-state index is 10.6. The van der Waals surface area contributed by atoms with Crippen LogP contribution in [0.25, 0.3) is 0 Å². The SMILES string of the molecule is CC/C=C\[C@@H]1CCC(=O)O1. The van der Waals surface area contributed by atoms with E-state index in [1.165, 1.54) is 0 Å². The Labute approximate surface area is 60.9 Å². The molecule has 2 heteroatoms. The van der Waals surface area contributed by atoms with Crippen LogP contribution in [0.3, 0.4) is 0 Å². The van der Waals surface area contributed by atoms with Gasteiger partial charge in [0.2, 0.25) is 0 Å². The predicted octanol–water partition coefficient (Wildman–Crippen LogP) is 1.66. The molecule has 0 aromatic rings. The van der Waals surface area contributed by atoms with Crippen LogP contribution < -0.4 is 0 Å². The molecule has 1 atom stereocenters. The van der Waals surface area contributed by atoms with Crippen LogP contribution in [0.1, 0.15) is 26.2 Å². The van der Waals surface area contributed by atoms with Gasteiger partial charge in [0.25, 0.3) is 0 Å². The number of carbonyl (C=O) groups excluding carboxylic acids is 1. The van der Waals surface area contributed by atoms with Gasteiger partial charge in [0.1, 0.15) is 6.10 Å². The fraction of sp³-hybridized carbons (Fsp3) is 0.625. The predicted molar refractivity (Wildman–Crippen MR) is 38.5 cm³/mol. The first-order chi connectivity index (χ1) is 4.83. The lowest BCUT2D eigenvalue weighted by Crippen LogP contribution is -2.01. The number of rotatable bonds is 2. The van der Waals surface area contributed by atoms with Crippen molar-refractivity contribution in [2.24, 2.45) is 0 Å². The van der Waals surface area contributed by atoms with Gasteiger partial charge >= 0.3 is 5.97 Å². The molecule has 1 aliphatic rings. The molecule has 2 nitrogen and oxygen atoms in total. The quantitative estimate of drug-likeness (QED) is 0.430. The normalized spacial score (nSPS) is 25.7. The van der Waals surface area contributed by atoms with Crippen LogP contribution in [0.5, 0.6) is 0 Å². The molecule has 0 radical (unpaired) electrons. The molecule has 0 amide bonds. The Morgan fingerprint density at radius 3 is 3.10 bits per heavy atom. The van der Waals surface area contributed by atoms with Gasteiger partial charge in [-0.15, -0.1) is 0 Å². The second-order valence-corrected chi connectivity index (χ2v) is 2.40. The number of esters is 1. The molecule has 0 saturated carbocycles. The topological polar surface area (TPSA) is 26.3 Å². The fourth-order valence-electron chi connectivity index (χ4n) is 0.970. The summed E-state index contributed by atoms with van der Waals surface area (Å²) in [6, 6.07) is 0. The summed E-state index contributed by atoms with van der Waals surface area (Å²) in [6.45, 7) is 2.06. The Morgan fingerprint density at radius 1 is 1.80 bits per heavy atom. The Kier molecular flexibility index (Phi) is 2.49. The average Bonchev–Trinajstić information content (AvgIpc) is 2.31. The van der Waals surface area contributed by atoms with E-state index >= 15 is 0 Å². The molecule has 0 aromatic carbocycles. The lowest BCUT2D eigenvalue weighted by molar-refractivity contribution is -0.139. The number of ether oxygens (including phenoxy) is 1. The fourth-order valence-corrected chi connectivity index (χ4v) is 0.970. The summed E-state index contributed by atoms with van der Waals surface area (Å²) in [4.78, 5) is 10.6. The second-order valence-electron chi connectivity index (χ2n) is 2.40. The molecule has 0 aromatic heterocycles. The smallest absolute Gasteiger partial charge is 0.306 e. The van der Waals surface area contributed by atoms with E-state index in [-0.39, 0.29) is 12.1 Å². The molecular weight excluding hydrogens is 128 g/mol. The molecule has 10 heavy (non-hydrogen) atoms. The number of hydrogen-bond acceptors (Lipinski definition) is 2. The van der Waals surface area contributed by atoms with E-state index in [1.807, 2.05) is 12.2 Å². The molecule has 0 aliphatic carbocycles. The van der Waals surface area contributed by atoms with Crippen molar-refractivity contribution in [3.8, 4) is 0 Å². The van der Waals surface area contributed by atoms with Gasteiger partial charge < -0.3 is 4.74 Å². The van der Waals surface area contributed by atoms with Gasteiger partial charge in [0.15, 0.2) is 0 Å². The van der Waals surface area contributed by atoms with Gasteiger partial charge in [-0.3, -0.25) is 4.79 Å². The largest absolute Gasteiger partial charge is 0.458 e. The number of allylic oxidation sites excluding steroid dienone is 1. The van der Waals surface area contributed by atoms with Gasteiger partial charge in [-0.05, 0) is 18.9 Å². The third kappa shape index (κ3) is 1.87. The monoisotopic (exact) mass is 140 g/mol. The zero-order valence-corrected chi connectivity index (χ0v) is 6.17. The number of cyclic esters (lactones) is 1. The van der Waals surface area contributed by atoms with Crippen molar-refractivity contribution < 1.29 is 9.53 Å². The van der Waals surface area contributed by atoms with Crippen molar-refractivity contribution in [3.63, 3.8) is 0 Å². The summed E-state index contributed by atoms with van der Waals surface area (Å²) in [7, 11) is 0. The highest BCUT2D eigenvalue weighted by Crippen LogP contribution is 2.14. The molecule has 1 heterocycles. The summed E-state index contributed by atoms with van der Waals surface area (Å²) >= 11 is 0. The minimum absolute atomic E-state index is 0.0625. The maximum Gasteiger partial charge on any atom is 0.306 e. The molecule has 0 spiro atoms. The highest BCUT2D eigenvalue weighted by Gasteiger charge is 2.19. The van der Waals surface area contributed by atoms with Crippen molar-refractivity contribution in [1.82, 2.24) is 0 Å². The first-order valence-electron chi connectivity index (χ1n) is 3.69. The Hall–Kier alpha value is -0.790. The summed E-state index contributed by atoms with van der Waals surface area (Å²) in [6.07, 6.45) is 6.50. The first-order valence-corrected chi connectivity index (χ1v) is 3.69. The van der Waals surface area contributed by atoms with Crippen LogP contribution >= 0.6 is 0 Å². The van der Waals surface area contributed by atoms with Gasteiger partial charge in [0, 0.05) is 6.42 Å². The molecule has 0 bridgehead atoms. The van der Waals surface area contributed by atoms with Crippen molar-refractivity contribution in [1.29, 1.82) is 0 Å². The lowest BCUT2D eigenvalue weighted by Gasteiger charge is -1.99. The summed E-state index contributed by atoms with van der Waals surface area (Å²) in [5.41, 5.74) is 0. The molecule has 0 unspecified atom stereocenters. The van der Waals surface area contributed by atoms with E-state index < -0.39 is 0 Å². The van der Waals surface area contributed by atoms with E-state index in [2.05, 4.69) is 6.92 Å². The molecule has 56 valence electrons. The minimum atomic E-state index is -0.0641. The summed E-state index contributed by atoms with van der Waals surface area (Å²) < 4.78 is 4.94. The Morgan fingerprint density at radius 2 is 2.60 bits per heavy atom. The third-order valence-corrected chi connectivity index (χ3v) is 1.50. The van der Waals surface area contributed by atoms with E-state index in [1.54, 1.807) is 0 Å². The molecule has 0 N–H and O–H groups in total. The molecule has 1 rings (SSSR count). The van der Waals surface area contributed by atoms with Gasteiger partial charge in [-0.2, -0.15) is 0 Å². The zero-order valence-electron chi connectivity index (χ0n) is 6.17. The average molecular weight is 140 g/mol. The van der Waals surface area contributed by atoms with E-state index in [0.717, 1.165) is 12.8 Å². The summed E-state index contributed by atoms with van der Waals surface area (Å²) in [5, 5.41) is 0. The van der Waals surface area contributed by atoms with Crippen LogP contribution in [0, 0.1) is 0 Å². The molecule has 1 aliphatic heterocycles. The van der Waals surface area contributed by atoms with Gasteiger partial charge in [-0.25, -0.2) is 0 Å². The van der Waals surface area contributed by atoms with E-state index in [9.17, 15) is 4.79 Å². The van der Waals surface area contributed by atoms with Crippen molar-refractivity contribution in [3.05, 3.63) is 12.2 Å². The van der Waals surface area contributed by atoms with Crippen molar-refractivity contribution >= 4 is 5.97 Å². The minimum Gasteiger partial charge on any atom is -0.458 e. The van der Waals surface area contributed by atoms with Crippen molar-refractivity contribution in [2.45, 2.75) is 32.3 Å². The highest BCUT2D eigenvalue weighted by molar-refractivity contribution is 5.71. The lowest BCUT2D eigenvalue weighted by atomic mass is 10.2. The first kappa shape index (κ1) is 7.32. The number of carbonyl (C=O) groups is 1. The van der Waals surface area contributed by atoms with Crippen LogP contribution in [-0.4, -0.2) is 12.1 Å². The van der Waals surface area contributed by atoms with E-state index in [0.29, 0.717) is 6.42 Å². The highest BCUT2D eigenvalue weighted by atomic mass is 16.5. The third-order valence-electron chi connectivity index (χ3n) is 1.50. The zero-order chi connectivity index (χ0) is 7.40. The second kappa shape index (κ2) is 3.40. The molecular formula is C8H12O2. The summed E-state index contributed by atoms with van der Waals surface area (Å²) in [5.74, 6) is -0.0641. The number of hydrogen-bond donors (Lipinski definition) is 0. The van der Waals surface area contributed by atoms with Crippen LogP contribution in [-0.2, 0) is 9.53 Å². The Bertz CT molecular complexity index is 149. The Balaban J connectivity index is 2.31. The van der Waals surface area contributed by atoms with Gasteiger partial charge in [0.05, 0.1) is 0 Å². The van der Waals surface area contributed by atoms with Gasteiger partial charge in [-0.1, -0.05) is 13.0 Å². The van der Waals surface area contributed by atoms with Crippen LogP contribution in [0.4, 0.5) is 0 Å². The molecule has 1 fully saturated rings. The van der Waals surface area contributed by atoms with Crippen LogP contribution in [0.2, 0.25) is 0 Å². The van der Waals surface area contributed by atoms with E-state index in [4.69, 9.17) is 4.74 Å².